The van der Waals surface area contributed by atoms with E-state index in [4.69, 9.17) is 5.73 Å². The predicted molar refractivity (Wildman–Crippen MR) is 82.3 cm³/mol. The summed E-state index contributed by atoms with van der Waals surface area (Å²) in [5, 5.41) is 4.94. The molecule has 0 fully saturated rings. The number of amides is 2. The van der Waals surface area contributed by atoms with E-state index in [1.165, 1.54) is 0 Å². The molecule has 23 heavy (non-hydrogen) atoms. The second-order valence-corrected chi connectivity index (χ2v) is 5.39. The number of rotatable bonds is 5. The van der Waals surface area contributed by atoms with Crippen LogP contribution in [0.3, 0.4) is 0 Å². The second-order valence-electron chi connectivity index (χ2n) is 5.39. The molecule has 1 aromatic rings. The first-order valence-electron chi connectivity index (χ1n) is 6.52. The van der Waals surface area contributed by atoms with Crippen LogP contribution in [0.15, 0.2) is 24.3 Å². The van der Waals surface area contributed by atoms with Gasteiger partial charge in [-0.15, -0.1) is 12.4 Å². The van der Waals surface area contributed by atoms with Crippen LogP contribution in [-0.2, 0) is 11.0 Å². The lowest BCUT2D eigenvalue weighted by molar-refractivity contribution is -0.137. The fraction of sp³-hybridized carbons (Fsp3) is 0.429. The summed E-state index contributed by atoms with van der Waals surface area (Å²) in [6.07, 6.45) is -4.46. The molecule has 2 amide bonds. The minimum atomic E-state index is -4.46. The highest BCUT2D eigenvalue weighted by Gasteiger charge is 2.30. The van der Waals surface area contributed by atoms with Crippen molar-refractivity contribution in [3.63, 3.8) is 0 Å². The van der Waals surface area contributed by atoms with Crippen LogP contribution in [-0.4, -0.2) is 30.4 Å². The van der Waals surface area contributed by atoms with Gasteiger partial charge in [0.25, 0.3) is 5.91 Å². The lowest BCUT2D eigenvalue weighted by Gasteiger charge is -2.24. The van der Waals surface area contributed by atoms with Crippen LogP contribution in [0.1, 0.15) is 29.8 Å². The van der Waals surface area contributed by atoms with Crippen LogP contribution in [0.2, 0.25) is 0 Å². The van der Waals surface area contributed by atoms with E-state index in [0.717, 1.165) is 24.3 Å². The molecular formula is C14H19ClF3N3O2. The Morgan fingerprint density at radius 1 is 1.13 bits per heavy atom. The van der Waals surface area contributed by atoms with Crippen LogP contribution >= 0.6 is 12.4 Å². The highest BCUT2D eigenvalue weighted by Crippen LogP contribution is 2.28. The summed E-state index contributed by atoms with van der Waals surface area (Å²) >= 11 is 0. The summed E-state index contributed by atoms with van der Waals surface area (Å²) in [7, 11) is 0. The molecule has 1 rings (SSSR count). The third-order valence-electron chi connectivity index (χ3n) is 2.87. The molecule has 0 saturated carbocycles. The van der Waals surface area contributed by atoms with Gasteiger partial charge < -0.3 is 16.4 Å². The average molecular weight is 354 g/mol. The van der Waals surface area contributed by atoms with Crippen LogP contribution in [0.5, 0.6) is 0 Å². The van der Waals surface area contributed by atoms with E-state index in [0.29, 0.717) is 0 Å². The van der Waals surface area contributed by atoms with Gasteiger partial charge in [0.2, 0.25) is 5.91 Å². The van der Waals surface area contributed by atoms with Crippen molar-refractivity contribution < 1.29 is 22.8 Å². The van der Waals surface area contributed by atoms with Crippen LogP contribution in [0, 0.1) is 0 Å². The quantitative estimate of drug-likeness (QED) is 0.753. The van der Waals surface area contributed by atoms with Crippen molar-refractivity contribution in [2.45, 2.75) is 25.6 Å². The Balaban J connectivity index is 0.00000484. The van der Waals surface area contributed by atoms with E-state index in [1.54, 1.807) is 13.8 Å². The van der Waals surface area contributed by atoms with Crippen molar-refractivity contribution in [3.05, 3.63) is 35.4 Å². The number of alkyl halides is 3. The molecule has 0 radical (unpaired) electrons. The molecule has 0 atom stereocenters. The fourth-order valence-electron chi connectivity index (χ4n) is 1.55. The first-order chi connectivity index (χ1) is 10.0. The lowest BCUT2D eigenvalue weighted by Crippen LogP contribution is -2.51. The van der Waals surface area contributed by atoms with Crippen molar-refractivity contribution in [1.29, 1.82) is 0 Å². The maximum atomic E-state index is 12.4. The number of benzene rings is 1. The molecule has 0 spiro atoms. The van der Waals surface area contributed by atoms with Crippen molar-refractivity contribution in [2.24, 2.45) is 5.73 Å². The minimum absolute atomic E-state index is 0. The summed E-state index contributed by atoms with van der Waals surface area (Å²) in [5.74, 6) is -1.06. The van der Waals surface area contributed by atoms with Crippen molar-refractivity contribution >= 4 is 24.2 Å². The standard InChI is InChI=1S/C14H18F3N3O2.ClH/c1-13(2,8-18)20-11(21)7-19-12(22)9-3-5-10(6-4-9)14(15,16)17;/h3-6H,7-8,18H2,1-2H3,(H,19,22)(H,20,21);1H. The molecular weight excluding hydrogens is 335 g/mol. The molecule has 0 bridgehead atoms. The fourth-order valence-corrected chi connectivity index (χ4v) is 1.55. The molecule has 5 nitrogen and oxygen atoms in total. The van der Waals surface area contributed by atoms with Crippen molar-refractivity contribution in [1.82, 2.24) is 10.6 Å². The largest absolute Gasteiger partial charge is 0.416 e. The summed E-state index contributed by atoms with van der Waals surface area (Å²) in [5.41, 5.74) is 4.06. The molecule has 130 valence electrons. The summed E-state index contributed by atoms with van der Waals surface area (Å²) in [6.45, 7) is 3.39. The van der Waals surface area contributed by atoms with E-state index in [-0.39, 0.29) is 31.1 Å². The number of hydrogen-bond donors (Lipinski definition) is 3. The van der Waals surface area contributed by atoms with Gasteiger partial charge >= 0.3 is 6.18 Å². The topological polar surface area (TPSA) is 84.2 Å². The maximum Gasteiger partial charge on any atom is 0.416 e. The molecule has 0 aliphatic rings. The van der Waals surface area contributed by atoms with Gasteiger partial charge in [0.15, 0.2) is 0 Å². The Hall–Kier alpha value is -1.80. The number of halogens is 4. The Morgan fingerprint density at radius 2 is 1.65 bits per heavy atom. The zero-order chi connectivity index (χ0) is 17.0. The first kappa shape index (κ1) is 21.2. The second kappa shape index (κ2) is 8.16. The van der Waals surface area contributed by atoms with Gasteiger partial charge in [-0.05, 0) is 38.1 Å². The Bertz CT molecular complexity index is 545. The Labute approximate surface area is 138 Å². The zero-order valence-corrected chi connectivity index (χ0v) is 13.5. The SMILES string of the molecule is CC(C)(CN)NC(=O)CNC(=O)c1ccc(C(F)(F)F)cc1.Cl. The van der Waals surface area contributed by atoms with Crippen LogP contribution < -0.4 is 16.4 Å². The molecule has 4 N–H and O–H groups in total. The number of carbonyl (C=O) groups is 2. The van der Waals surface area contributed by atoms with E-state index >= 15 is 0 Å². The normalized spacial score (nSPS) is 11.4. The molecule has 0 aliphatic carbocycles. The van der Waals surface area contributed by atoms with Gasteiger partial charge in [0.1, 0.15) is 0 Å². The number of nitrogens with two attached hydrogens (primary N) is 1. The predicted octanol–water partition coefficient (Wildman–Crippen LogP) is 1.71. The lowest BCUT2D eigenvalue weighted by atomic mass is 10.1. The van der Waals surface area contributed by atoms with Gasteiger partial charge in [-0.3, -0.25) is 9.59 Å². The minimum Gasteiger partial charge on any atom is -0.348 e. The van der Waals surface area contributed by atoms with Crippen LogP contribution in [0.4, 0.5) is 13.2 Å². The van der Waals surface area contributed by atoms with Crippen molar-refractivity contribution in [2.75, 3.05) is 13.1 Å². The zero-order valence-electron chi connectivity index (χ0n) is 12.7. The van der Waals surface area contributed by atoms with Gasteiger partial charge in [0.05, 0.1) is 12.1 Å². The third kappa shape index (κ3) is 6.87. The maximum absolute atomic E-state index is 12.4. The van der Waals surface area contributed by atoms with Gasteiger partial charge in [-0.2, -0.15) is 13.2 Å². The third-order valence-corrected chi connectivity index (χ3v) is 2.87. The van der Waals surface area contributed by atoms with E-state index in [2.05, 4.69) is 10.6 Å². The monoisotopic (exact) mass is 353 g/mol. The molecule has 9 heteroatoms. The Kier molecular flexibility index (Phi) is 7.53. The molecule has 0 saturated heterocycles. The Morgan fingerprint density at radius 3 is 2.09 bits per heavy atom. The van der Waals surface area contributed by atoms with E-state index in [1.807, 2.05) is 0 Å². The van der Waals surface area contributed by atoms with Gasteiger partial charge in [-0.1, -0.05) is 0 Å². The molecule has 1 aromatic carbocycles. The summed E-state index contributed by atoms with van der Waals surface area (Å²) in [6, 6.07) is 3.73. The molecule has 0 aromatic heterocycles. The van der Waals surface area contributed by atoms with Gasteiger partial charge in [0, 0.05) is 17.6 Å². The van der Waals surface area contributed by atoms with E-state index in [9.17, 15) is 22.8 Å². The van der Waals surface area contributed by atoms with E-state index < -0.39 is 29.1 Å². The highest BCUT2D eigenvalue weighted by molar-refractivity contribution is 5.96. The molecule has 0 heterocycles. The molecule has 0 aliphatic heterocycles. The number of carbonyl (C=O) groups excluding carboxylic acids is 2. The summed E-state index contributed by atoms with van der Waals surface area (Å²) in [4.78, 5) is 23.4. The number of nitrogens with one attached hydrogen (secondary N) is 2. The molecule has 0 unspecified atom stereocenters. The number of hydrogen-bond acceptors (Lipinski definition) is 3. The average Bonchev–Trinajstić information content (AvgIpc) is 2.43. The smallest absolute Gasteiger partial charge is 0.348 e. The van der Waals surface area contributed by atoms with Crippen LogP contribution in [0.25, 0.3) is 0 Å². The van der Waals surface area contributed by atoms with Crippen molar-refractivity contribution in [3.8, 4) is 0 Å². The highest BCUT2D eigenvalue weighted by atomic mass is 35.5. The summed E-state index contributed by atoms with van der Waals surface area (Å²) < 4.78 is 37.2. The van der Waals surface area contributed by atoms with Gasteiger partial charge in [-0.25, -0.2) is 0 Å². The first-order valence-corrected chi connectivity index (χ1v) is 6.52.